The number of nitrogens with zero attached hydrogens (tertiary/aromatic N) is 1. The minimum Gasteiger partial charge on any atom is -0.349 e. The Morgan fingerprint density at radius 1 is 0.958 bits per heavy atom. The van der Waals surface area contributed by atoms with Crippen LogP contribution in [0.1, 0.15) is 35.2 Å². The number of aromatic nitrogens is 1. The Balaban J connectivity index is 1.54. The molecule has 0 saturated carbocycles. The van der Waals surface area contributed by atoms with Crippen LogP contribution in [0, 0.1) is 0 Å². The number of hydrogen-bond acceptors (Lipinski definition) is 1. The lowest BCUT2D eigenvalue weighted by Gasteiger charge is -2.32. The third-order valence-electron chi connectivity index (χ3n) is 4.90. The third-order valence-corrected chi connectivity index (χ3v) is 5.15. The van der Waals surface area contributed by atoms with Crippen LogP contribution in [0.5, 0.6) is 0 Å². The SMILES string of the molecule is Clc1ccc([C@H]2C[C@@H](NCc3ccccc3)c3cccn3C2)cc1. The van der Waals surface area contributed by atoms with E-state index in [9.17, 15) is 0 Å². The first-order valence-corrected chi connectivity index (χ1v) is 8.85. The largest absolute Gasteiger partial charge is 0.349 e. The molecule has 1 N–H and O–H groups in total. The molecular weight excluding hydrogens is 316 g/mol. The van der Waals surface area contributed by atoms with Crippen molar-refractivity contribution in [1.29, 1.82) is 0 Å². The molecule has 0 aliphatic carbocycles. The first-order chi connectivity index (χ1) is 11.8. The molecule has 1 aliphatic heterocycles. The Morgan fingerprint density at radius 2 is 1.75 bits per heavy atom. The molecule has 2 heterocycles. The van der Waals surface area contributed by atoms with E-state index in [1.165, 1.54) is 16.8 Å². The lowest BCUT2D eigenvalue weighted by molar-refractivity contribution is 0.355. The van der Waals surface area contributed by atoms with Crippen molar-refractivity contribution in [2.24, 2.45) is 0 Å². The molecule has 2 aromatic carbocycles. The maximum Gasteiger partial charge on any atom is 0.0484 e. The van der Waals surface area contributed by atoms with Gasteiger partial charge < -0.3 is 9.88 Å². The van der Waals surface area contributed by atoms with Crippen molar-refractivity contribution in [3.63, 3.8) is 0 Å². The fourth-order valence-corrected chi connectivity index (χ4v) is 3.75. The Hall–Kier alpha value is -2.03. The standard InChI is InChI=1S/C21H21ClN2/c22-19-10-8-17(9-11-19)18-13-20(21-7-4-12-24(21)15-18)23-14-16-5-2-1-3-6-16/h1-12,18,20,23H,13-15H2/t18-,20+/m0/s1. The van der Waals surface area contributed by atoms with Gasteiger partial charge in [-0.3, -0.25) is 0 Å². The fraction of sp³-hybridized carbons (Fsp3) is 0.238. The van der Waals surface area contributed by atoms with Gasteiger partial charge in [0, 0.05) is 42.0 Å². The molecule has 122 valence electrons. The molecule has 4 rings (SSSR count). The Bertz CT molecular complexity index is 792. The molecule has 0 fully saturated rings. The highest BCUT2D eigenvalue weighted by Crippen LogP contribution is 2.35. The van der Waals surface area contributed by atoms with Gasteiger partial charge in [0.15, 0.2) is 0 Å². The van der Waals surface area contributed by atoms with E-state index in [0.717, 1.165) is 24.5 Å². The van der Waals surface area contributed by atoms with Gasteiger partial charge >= 0.3 is 0 Å². The predicted octanol–water partition coefficient (Wildman–Crippen LogP) is 5.16. The van der Waals surface area contributed by atoms with Gasteiger partial charge in [-0.1, -0.05) is 54.1 Å². The second kappa shape index (κ2) is 6.84. The van der Waals surface area contributed by atoms with Gasteiger partial charge in [-0.15, -0.1) is 0 Å². The molecule has 2 nitrogen and oxygen atoms in total. The van der Waals surface area contributed by atoms with Gasteiger partial charge in [0.25, 0.3) is 0 Å². The highest BCUT2D eigenvalue weighted by Gasteiger charge is 2.27. The van der Waals surface area contributed by atoms with Gasteiger partial charge in [0.2, 0.25) is 0 Å². The number of rotatable bonds is 4. The van der Waals surface area contributed by atoms with Crippen LogP contribution in [0.4, 0.5) is 0 Å². The molecule has 0 amide bonds. The molecule has 1 aromatic heterocycles. The summed E-state index contributed by atoms with van der Waals surface area (Å²) in [6, 6.07) is 23.7. The van der Waals surface area contributed by atoms with Gasteiger partial charge in [-0.25, -0.2) is 0 Å². The highest BCUT2D eigenvalue weighted by molar-refractivity contribution is 6.30. The van der Waals surface area contributed by atoms with E-state index in [4.69, 9.17) is 11.6 Å². The van der Waals surface area contributed by atoms with E-state index >= 15 is 0 Å². The van der Waals surface area contributed by atoms with Crippen molar-refractivity contribution in [2.45, 2.75) is 31.5 Å². The third kappa shape index (κ3) is 3.26. The van der Waals surface area contributed by atoms with Crippen molar-refractivity contribution in [2.75, 3.05) is 0 Å². The maximum absolute atomic E-state index is 6.04. The molecule has 0 saturated heterocycles. The second-order valence-electron chi connectivity index (χ2n) is 6.49. The zero-order valence-electron chi connectivity index (χ0n) is 13.5. The zero-order chi connectivity index (χ0) is 16.4. The summed E-state index contributed by atoms with van der Waals surface area (Å²) in [4.78, 5) is 0. The van der Waals surface area contributed by atoms with Gasteiger partial charge in [0.05, 0.1) is 0 Å². The molecular formula is C21H21ClN2. The zero-order valence-corrected chi connectivity index (χ0v) is 14.3. The van der Waals surface area contributed by atoms with E-state index in [-0.39, 0.29) is 0 Å². The molecule has 1 aliphatic rings. The molecule has 0 unspecified atom stereocenters. The minimum atomic E-state index is 0.370. The predicted molar refractivity (Wildman–Crippen MR) is 99.3 cm³/mol. The van der Waals surface area contributed by atoms with Crippen LogP contribution in [0.15, 0.2) is 72.9 Å². The highest BCUT2D eigenvalue weighted by atomic mass is 35.5. The normalized spacial score (nSPS) is 19.9. The molecule has 0 radical (unpaired) electrons. The molecule has 24 heavy (non-hydrogen) atoms. The smallest absolute Gasteiger partial charge is 0.0484 e. The first-order valence-electron chi connectivity index (χ1n) is 8.47. The van der Waals surface area contributed by atoms with E-state index in [1.54, 1.807) is 0 Å². The topological polar surface area (TPSA) is 17.0 Å². The summed E-state index contributed by atoms with van der Waals surface area (Å²) in [5.41, 5.74) is 4.07. The molecule has 0 spiro atoms. The summed E-state index contributed by atoms with van der Waals surface area (Å²) in [7, 11) is 0. The summed E-state index contributed by atoms with van der Waals surface area (Å²) in [5, 5.41) is 4.55. The number of benzene rings is 2. The maximum atomic E-state index is 6.04. The summed E-state index contributed by atoms with van der Waals surface area (Å²) in [5.74, 6) is 0.510. The van der Waals surface area contributed by atoms with Crippen LogP contribution in [-0.4, -0.2) is 4.57 Å². The number of hydrogen-bond donors (Lipinski definition) is 1. The van der Waals surface area contributed by atoms with Crippen molar-refractivity contribution in [3.8, 4) is 0 Å². The van der Waals surface area contributed by atoms with E-state index < -0.39 is 0 Å². The summed E-state index contributed by atoms with van der Waals surface area (Å²) >= 11 is 6.04. The van der Waals surface area contributed by atoms with Crippen LogP contribution in [0.3, 0.4) is 0 Å². The number of nitrogens with one attached hydrogen (secondary N) is 1. The second-order valence-corrected chi connectivity index (χ2v) is 6.93. The van der Waals surface area contributed by atoms with Crippen LogP contribution in [0.2, 0.25) is 5.02 Å². The molecule has 0 bridgehead atoms. The van der Waals surface area contributed by atoms with Crippen LogP contribution in [-0.2, 0) is 13.1 Å². The van der Waals surface area contributed by atoms with Crippen molar-refractivity contribution in [3.05, 3.63) is 94.8 Å². The average Bonchev–Trinajstić information content (AvgIpc) is 3.10. The lowest BCUT2D eigenvalue weighted by atomic mass is 9.88. The monoisotopic (exact) mass is 336 g/mol. The Labute approximate surface area is 148 Å². The summed E-state index contributed by atoms with van der Waals surface area (Å²) < 4.78 is 2.38. The Morgan fingerprint density at radius 3 is 2.54 bits per heavy atom. The van der Waals surface area contributed by atoms with Crippen LogP contribution in [0.25, 0.3) is 0 Å². The van der Waals surface area contributed by atoms with Crippen molar-refractivity contribution >= 4 is 11.6 Å². The lowest BCUT2D eigenvalue weighted by Crippen LogP contribution is -2.30. The number of fused-ring (bicyclic) bond motifs is 1. The summed E-state index contributed by atoms with van der Waals surface area (Å²) in [6.07, 6.45) is 3.30. The Kier molecular flexibility index (Phi) is 4.42. The molecule has 3 heteroatoms. The van der Waals surface area contributed by atoms with Gasteiger partial charge in [-0.05, 0) is 41.8 Å². The van der Waals surface area contributed by atoms with E-state index in [0.29, 0.717) is 12.0 Å². The minimum absolute atomic E-state index is 0.370. The number of halogens is 1. The van der Waals surface area contributed by atoms with Crippen molar-refractivity contribution in [1.82, 2.24) is 9.88 Å². The van der Waals surface area contributed by atoms with Crippen LogP contribution >= 0.6 is 11.6 Å². The quantitative estimate of drug-likeness (QED) is 0.696. The first kappa shape index (κ1) is 15.5. The average molecular weight is 337 g/mol. The van der Waals surface area contributed by atoms with Gasteiger partial charge in [0.1, 0.15) is 0 Å². The molecule has 2 atom stereocenters. The fourth-order valence-electron chi connectivity index (χ4n) is 3.63. The van der Waals surface area contributed by atoms with E-state index in [2.05, 4.69) is 70.7 Å². The van der Waals surface area contributed by atoms with E-state index in [1.807, 2.05) is 12.1 Å². The van der Waals surface area contributed by atoms with Crippen LogP contribution < -0.4 is 5.32 Å². The van der Waals surface area contributed by atoms with Crippen molar-refractivity contribution < 1.29 is 0 Å². The molecule has 3 aromatic rings. The van der Waals surface area contributed by atoms with Gasteiger partial charge in [-0.2, -0.15) is 0 Å². The summed E-state index contributed by atoms with van der Waals surface area (Å²) in [6.45, 7) is 1.93.